The Morgan fingerprint density at radius 3 is 2.61 bits per heavy atom. The molecule has 0 atom stereocenters. The van der Waals surface area contributed by atoms with E-state index in [9.17, 15) is 4.79 Å². The maximum absolute atomic E-state index is 12.7. The number of hydrogen-bond acceptors (Lipinski definition) is 6. The minimum atomic E-state index is -0.0639. The minimum absolute atomic E-state index is 0.0639. The van der Waals surface area contributed by atoms with Crippen LogP contribution in [0.3, 0.4) is 0 Å². The number of carbonyl (C=O) groups excluding carboxylic acids is 1. The summed E-state index contributed by atoms with van der Waals surface area (Å²) in [5, 5.41) is 12.6. The molecule has 3 aromatic rings. The molecule has 1 aromatic heterocycles. The van der Waals surface area contributed by atoms with E-state index < -0.39 is 0 Å². The molecule has 8 heteroatoms. The molecule has 1 aliphatic rings. The number of anilines is 2. The molecule has 0 aliphatic carbocycles. The topological polar surface area (TPSA) is 72.3 Å². The summed E-state index contributed by atoms with van der Waals surface area (Å²) in [6, 6.07) is 14.2. The zero-order valence-corrected chi connectivity index (χ0v) is 18.9. The Labute approximate surface area is 186 Å². The zero-order chi connectivity index (χ0) is 21.8. The fraction of sp³-hybridized carbons (Fsp3) is 0.348. The summed E-state index contributed by atoms with van der Waals surface area (Å²) in [6.07, 6.45) is 0. The van der Waals surface area contributed by atoms with Crippen molar-refractivity contribution in [3.05, 3.63) is 59.2 Å². The Morgan fingerprint density at radius 1 is 1.06 bits per heavy atom. The lowest BCUT2D eigenvalue weighted by molar-refractivity contribution is -0.113. The third-order valence-electron chi connectivity index (χ3n) is 5.27. The second-order valence-corrected chi connectivity index (χ2v) is 8.60. The Morgan fingerprint density at radius 2 is 1.84 bits per heavy atom. The van der Waals surface area contributed by atoms with Crippen molar-refractivity contribution in [2.75, 3.05) is 42.3 Å². The first-order chi connectivity index (χ1) is 15.0. The predicted molar refractivity (Wildman–Crippen MR) is 124 cm³/mol. The molecule has 0 bridgehead atoms. The summed E-state index contributed by atoms with van der Waals surface area (Å²) in [5.74, 6) is 0.974. The van der Waals surface area contributed by atoms with E-state index in [0.717, 1.165) is 47.1 Å². The van der Waals surface area contributed by atoms with Gasteiger partial charge in [-0.2, -0.15) is 0 Å². The predicted octanol–water partition coefficient (Wildman–Crippen LogP) is 3.76. The molecule has 1 saturated heterocycles. The Balaban J connectivity index is 1.56. The van der Waals surface area contributed by atoms with Crippen molar-refractivity contribution in [2.24, 2.45) is 0 Å². The lowest BCUT2D eigenvalue weighted by Gasteiger charge is -2.28. The number of para-hydroxylation sites is 1. The highest BCUT2D eigenvalue weighted by Crippen LogP contribution is 2.29. The summed E-state index contributed by atoms with van der Waals surface area (Å²) in [5.41, 5.74) is 5.15. The number of rotatable bonds is 6. The van der Waals surface area contributed by atoms with Gasteiger partial charge in [-0.25, -0.2) is 0 Å². The van der Waals surface area contributed by atoms with Gasteiger partial charge in [0.1, 0.15) is 0 Å². The largest absolute Gasteiger partial charge is 0.378 e. The first-order valence-corrected chi connectivity index (χ1v) is 11.4. The van der Waals surface area contributed by atoms with Crippen LogP contribution < -0.4 is 10.2 Å². The van der Waals surface area contributed by atoms with E-state index in [4.69, 9.17) is 4.74 Å². The fourth-order valence-corrected chi connectivity index (χ4v) is 4.28. The van der Waals surface area contributed by atoms with Crippen LogP contribution in [0, 0.1) is 20.8 Å². The minimum Gasteiger partial charge on any atom is -0.378 e. The maximum atomic E-state index is 12.7. The van der Waals surface area contributed by atoms with Gasteiger partial charge in [0.05, 0.1) is 24.7 Å². The van der Waals surface area contributed by atoms with Crippen LogP contribution in [0.2, 0.25) is 0 Å². The molecular formula is C23H27N5O2S. The number of aryl methyl sites for hydroxylation is 3. The molecule has 1 fully saturated rings. The van der Waals surface area contributed by atoms with Crippen molar-refractivity contribution >= 4 is 29.3 Å². The molecule has 0 spiro atoms. The van der Waals surface area contributed by atoms with Crippen molar-refractivity contribution in [1.82, 2.24) is 14.8 Å². The van der Waals surface area contributed by atoms with Crippen molar-refractivity contribution < 1.29 is 9.53 Å². The van der Waals surface area contributed by atoms with E-state index in [1.54, 1.807) is 0 Å². The fourth-order valence-electron chi connectivity index (χ4n) is 3.54. The van der Waals surface area contributed by atoms with Gasteiger partial charge in [0.25, 0.3) is 0 Å². The van der Waals surface area contributed by atoms with Crippen LogP contribution in [0.5, 0.6) is 0 Å². The van der Waals surface area contributed by atoms with Crippen molar-refractivity contribution in [2.45, 2.75) is 25.9 Å². The summed E-state index contributed by atoms with van der Waals surface area (Å²) in [4.78, 5) is 14.8. The molecule has 0 saturated carbocycles. The van der Waals surface area contributed by atoms with Crippen LogP contribution in [0.1, 0.15) is 16.7 Å². The molecule has 0 unspecified atom stereocenters. The molecule has 2 aromatic carbocycles. The number of hydrogen-bond donors (Lipinski definition) is 1. The standard InChI is InChI=1S/C23H27N5O2S/c1-16-8-9-17(2)19(14-16)24-21(29)15-31-23-26-25-22(27-10-12-30-13-11-27)28(23)20-7-5-4-6-18(20)3/h4-9,14H,10-13,15H2,1-3H3,(H,24,29). The number of amides is 1. The first kappa shape index (κ1) is 21.4. The van der Waals surface area contributed by atoms with Gasteiger partial charge in [-0.05, 0) is 49.6 Å². The molecule has 0 radical (unpaired) electrons. The Hall–Kier alpha value is -2.84. The lowest BCUT2D eigenvalue weighted by atomic mass is 10.1. The summed E-state index contributed by atoms with van der Waals surface area (Å²) < 4.78 is 7.55. The first-order valence-electron chi connectivity index (χ1n) is 10.4. The Bertz CT molecular complexity index is 1080. The second kappa shape index (κ2) is 9.53. The third kappa shape index (κ3) is 4.91. The van der Waals surface area contributed by atoms with E-state index in [0.29, 0.717) is 18.4 Å². The van der Waals surface area contributed by atoms with Gasteiger partial charge in [0, 0.05) is 18.8 Å². The number of carbonyl (C=O) groups is 1. The van der Waals surface area contributed by atoms with Gasteiger partial charge in [-0.15, -0.1) is 10.2 Å². The average molecular weight is 438 g/mol. The van der Waals surface area contributed by atoms with Crippen molar-refractivity contribution in [3.8, 4) is 5.69 Å². The van der Waals surface area contributed by atoms with Gasteiger partial charge in [-0.1, -0.05) is 42.1 Å². The van der Waals surface area contributed by atoms with E-state index >= 15 is 0 Å². The SMILES string of the molecule is Cc1ccc(C)c(NC(=O)CSc2nnc(N3CCOCC3)n2-c2ccccc2C)c1. The van der Waals surface area contributed by atoms with Crippen LogP contribution in [-0.4, -0.2) is 52.7 Å². The van der Waals surface area contributed by atoms with E-state index in [1.165, 1.54) is 11.8 Å². The summed E-state index contributed by atoms with van der Waals surface area (Å²) >= 11 is 1.39. The molecule has 31 heavy (non-hydrogen) atoms. The lowest BCUT2D eigenvalue weighted by Crippen LogP contribution is -2.38. The Kier molecular flexibility index (Phi) is 6.58. The van der Waals surface area contributed by atoms with E-state index in [1.807, 2.05) is 44.2 Å². The second-order valence-electron chi connectivity index (χ2n) is 7.66. The number of aromatic nitrogens is 3. The van der Waals surface area contributed by atoms with Crippen LogP contribution >= 0.6 is 11.8 Å². The molecule has 2 heterocycles. The maximum Gasteiger partial charge on any atom is 0.234 e. The molecule has 1 aliphatic heterocycles. The number of thioether (sulfide) groups is 1. The van der Waals surface area contributed by atoms with Crippen LogP contribution in [0.15, 0.2) is 47.6 Å². The number of benzene rings is 2. The van der Waals surface area contributed by atoms with E-state index in [2.05, 4.69) is 44.0 Å². The van der Waals surface area contributed by atoms with Crippen molar-refractivity contribution in [1.29, 1.82) is 0 Å². The molecule has 1 amide bonds. The van der Waals surface area contributed by atoms with Gasteiger partial charge in [0.15, 0.2) is 5.16 Å². The van der Waals surface area contributed by atoms with Crippen LogP contribution in [-0.2, 0) is 9.53 Å². The quantitative estimate of drug-likeness (QED) is 0.592. The zero-order valence-electron chi connectivity index (χ0n) is 18.1. The molecule has 4 rings (SSSR count). The van der Waals surface area contributed by atoms with Gasteiger partial charge < -0.3 is 15.0 Å². The van der Waals surface area contributed by atoms with Crippen LogP contribution in [0.25, 0.3) is 5.69 Å². The number of morpholine rings is 1. The van der Waals surface area contributed by atoms with Gasteiger partial charge >= 0.3 is 0 Å². The molecule has 162 valence electrons. The summed E-state index contributed by atoms with van der Waals surface area (Å²) in [7, 11) is 0. The molecule has 7 nitrogen and oxygen atoms in total. The summed E-state index contributed by atoms with van der Waals surface area (Å²) in [6.45, 7) is 8.94. The highest BCUT2D eigenvalue weighted by molar-refractivity contribution is 7.99. The normalized spacial score (nSPS) is 14.0. The smallest absolute Gasteiger partial charge is 0.234 e. The van der Waals surface area contributed by atoms with Gasteiger partial charge in [-0.3, -0.25) is 9.36 Å². The van der Waals surface area contributed by atoms with Gasteiger partial charge in [0.2, 0.25) is 11.9 Å². The monoisotopic (exact) mass is 437 g/mol. The van der Waals surface area contributed by atoms with E-state index in [-0.39, 0.29) is 11.7 Å². The highest BCUT2D eigenvalue weighted by Gasteiger charge is 2.23. The van der Waals surface area contributed by atoms with Crippen LogP contribution in [0.4, 0.5) is 11.6 Å². The number of nitrogens with one attached hydrogen (secondary N) is 1. The molecular weight excluding hydrogens is 410 g/mol. The average Bonchev–Trinajstić information content (AvgIpc) is 3.19. The van der Waals surface area contributed by atoms with Crippen molar-refractivity contribution in [3.63, 3.8) is 0 Å². The molecule has 1 N–H and O–H groups in total. The number of nitrogens with zero attached hydrogens (tertiary/aromatic N) is 4. The third-order valence-corrected chi connectivity index (χ3v) is 6.20. The highest BCUT2D eigenvalue weighted by atomic mass is 32.2. The number of ether oxygens (including phenoxy) is 1.